The number of likely N-dealkylation sites (tertiary alicyclic amines) is 1. The van der Waals surface area contributed by atoms with Gasteiger partial charge in [0.25, 0.3) is 0 Å². The third kappa shape index (κ3) is 2.51. The molecule has 1 amide bonds. The molecule has 2 heterocycles. The van der Waals surface area contributed by atoms with Gasteiger partial charge in [0.05, 0.1) is 31.3 Å². The molecule has 2 fully saturated rings. The number of fused-ring (bicyclic) bond motifs is 1. The number of hydrogen-bond donors (Lipinski definition) is 0. The van der Waals surface area contributed by atoms with Crippen LogP contribution in [0.15, 0.2) is 18.2 Å². The van der Waals surface area contributed by atoms with Gasteiger partial charge < -0.3 is 14.4 Å². The highest BCUT2D eigenvalue weighted by Gasteiger charge is 2.48. The number of nitrogens with zero attached hydrogens (tertiary/aromatic N) is 1. The first-order valence-electron chi connectivity index (χ1n) is 8.68. The highest BCUT2D eigenvalue weighted by molar-refractivity contribution is 5.90. The lowest BCUT2D eigenvalue weighted by Gasteiger charge is -2.35. The van der Waals surface area contributed by atoms with Crippen LogP contribution in [0.5, 0.6) is 0 Å². The van der Waals surface area contributed by atoms with Crippen LogP contribution in [0.3, 0.4) is 0 Å². The van der Waals surface area contributed by atoms with Gasteiger partial charge in [0, 0.05) is 19.0 Å². The molecule has 0 N–H and O–H groups in total. The molecule has 0 unspecified atom stereocenters. The Morgan fingerprint density at radius 3 is 2.88 bits per heavy atom. The van der Waals surface area contributed by atoms with Gasteiger partial charge in [-0.05, 0) is 48.9 Å². The topological polar surface area (TPSA) is 55.8 Å². The smallest absolute Gasteiger partial charge is 0.337 e. The van der Waals surface area contributed by atoms with Gasteiger partial charge in [-0.15, -0.1) is 0 Å². The van der Waals surface area contributed by atoms with Gasteiger partial charge in [-0.3, -0.25) is 4.79 Å². The highest BCUT2D eigenvalue weighted by Crippen LogP contribution is 2.44. The van der Waals surface area contributed by atoms with Crippen LogP contribution in [0.4, 0.5) is 0 Å². The van der Waals surface area contributed by atoms with E-state index in [9.17, 15) is 9.59 Å². The molecule has 0 aromatic heterocycles. The number of hydrogen-bond acceptors (Lipinski definition) is 4. The van der Waals surface area contributed by atoms with Gasteiger partial charge in [0.2, 0.25) is 5.91 Å². The summed E-state index contributed by atoms with van der Waals surface area (Å²) in [5.74, 6) is 0.531. The fraction of sp³-hybridized carbons (Fsp3) is 0.579. The number of carbonyl (C=O) groups excluding carboxylic acids is 2. The summed E-state index contributed by atoms with van der Waals surface area (Å²) in [5.41, 5.74) is 2.75. The van der Waals surface area contributed by atoms with E-state index in [2.05, 4.69) is 0 Å². The van der Waals surface area contributed by atoms with Crippen LogP contribution in [-0.4, -0.2) is 50.2 Å². The lowest BCUT2D eigenvalue weighted by molar-refractivity contribution is -0.139. The third-order valence-corrected chi connectivity index (χ3v) is 5.82. The zero-order chi connectivity index (χ0) is 16.7. The predicted molar refractivity (Wildman–Crippen MR) is 87.7 cm³/mol. The number of methoxy groups -OCH3 is 1. The first-order chi connectivity index (χ1) is 11.6. The van der Waals surface area contributed by atoms with E-state index in [-0.39, 0.29) is 11.4 Å². The monoisotopic (exact) mass is 329 g/mol. The minimum Gasteiger partial charge on any atom is -0.465 e. The first kappa shape index (κ1) is 15.6. The zero-order valence-electron chi connectivity index (χ0n) is 14.0. The summed E-state index contributed by atoms with van der Waals surface area (Å²) in [5, 5.41) is 0. The van der Waals surface area contributed by atoms with E-state index in [4.69, 9.17) is 9.47 Å². The van der Waals surface area contributed by atoms with Crippen LogP contribution < -0.4 is 0 Å². The molecular weight excluding hydrogens is 306 g/mol. The maximum absolute atomic E-state index is 13.0. The van der Waals surface area contributed by atoms with Crippen LogP contribution in [-0.2, 0) is 27.1 Å². The van der Waals surface area contributed by atoms with E-state index in [1.165, 1.54) is 18.2 Å². The van der Waals surface area contributed by atoms with Crippen molar-refractivity contribution in [2.45, 2.75) is 25.7 Å². The van der Waals surface area contributed by atoms with Gasteiger partial charge >= 0.3 is 5.97 Å². The summed E-state index contributed by atoms with van der Waals surface area (Å²) in [6.45, 7) is 3.28. The Morgan fingerprint density at radius 2 is 2.17 bits per heavy atom. The van der Waals surface area contributed by atoms with Gasteiger partial charge in [0.1, 0.15) is 0 Å². The zero-order valence-corrected chi connectivity index (χ0v) is 14.0. The molecule has 2 aliphatic heterocycles. The third-order valence-electron chi connectivity index (χ3n) is 5.82. The number of carbonyl (C=O) groups is 2. The van der Waals surface area contributed by atoms with Gasteiger partial charge in [-0.25, -0.2) is 4.79 Å². The fourth-order valence-electron chi connectivity index (χ4n) is 4.27. The quantitative estimate of drug-likeness (QED) is 0.794. The van der Waals surface area contributed by atoms with E-state index < -0.39 is 0 Å². The average molecular weight is 329 g/mol. The maximum Gasteiger partial charge on any atom is 0.337 e. The van der Waals surface area contributed by atoms with Crippen molar-refractivity contribution in [3.8, 4) is 0 Å². The minimum atomic E-state index is -0.302. The summed E-state index contributed by atoms with van der Waals surface area (Å²) >= 11 is 0. The molecule has 1 aromatic carbocycles. The van der Waals surface area contributed by atoms with E-state index in [1.807, 2.05) is 23.1 Å². The normalized spacial score (nSPS) is 26.4. The van der Waals surface area contributed by atoms with Gasteiger partial charge in [0.15, 0.2) is 0 Å². The van der Waals surface area contributed by atoms with Gasteiger partial charge in [-0.2, -0.15) is 0 Å². The number of aryl methyl sites for hydroxylation is 1. The molecule has 24 heavy (non-hydrogen) atoms. The van der Waals surface area contributed by atoms with E-state index >= 15 is 0 Å². The van der Waals surface area contributed by atoms with Crippen molar-refractivity contribution in [1.29, 1.82) is 0 Å². The molecule has 1 aliphatic carbocycles. The molecule has 0 radical (unpaired) electrons. The Morgan fingerprint density at radius 1 is 1.33 bits per heavy atom. The lowest BCUT2D eigenvalue weighted by Crippen LogP contribution is -2.44. The second-order valence-corrected chi connectivity index (χ2v) is 7.34. The summed E-state index contributed by atoms with van der Waals surface area (Å²) in [6, 6.07) is 5.74. The molecular formula is C19H23NO4. The van der Waals surface area contributed by atoms with Gasteiger partial charge in [-0.1, -0.05) is 6.07 Å². The van der Waals surface area contributed by atoms with Crippen LogP contribution >= 0.6 is 0 Å². The van der Waals surface area contributed by atoms with Crippen LogP contribution in [0.1, 0.15) is 34.3 Å². The molecule has 5 nitrogen and oxygen atoms in total. The largest absolute Gasteiger partial charge is 0.465 e. The second kappa shape index (κ2) is 5.88. The number of benzene rings is 1. The Balaban J connectivity index is 1.51. The van der Waals surface area contributed by atoms with Crippen LogP contribution in [0.2, 0.25) is 0 Å². The van der Waals surface area contributed by atoms with Crippen molar-refractivity contribution in [3.63, 3.8) is 0 Å². The summed E-state index contributed by atoms with van der Waals surface area (Å²) in [4.78, 5) is 26.7. The summed E-state index contributed by atoms with van der Waals surface area (Å²) < 4.78 is 10.0. The molecule has 3 aliphatic rings. The summed E-state index contributed by atoms with van der Waals surface area (Å²) in [6.07, 6.45) is 3.46. The Kier molecular flexibility index (Phi) is 3.83. The molecule has 1 spiro atoms. The molecule has 128 valence electrons. The van der Waals surface area contributed by atoms with Crippen LogP contribution in [0, 0.1) is 11.3 Å². The average Bonchev–Trinajstić information content (AvgIpc) is 2.86. The van der Waals surface area contributed by atoms with Crippen molar-refractivity contribution in [3.05, 3.63) is 34.9 Å². The molecule has 2 saturated heterocycles. The first-order valence-corrected chi connectivity index (χ1v) is 8.68. The standard InChI is InChI=1S/C19H23NO4/c1-23-17(21)15-2-3-16-9-19(5-4-14(16)8-15)6-7-20(18(19)22)10-13-11-24-12-13/h2-3,8,13H,4-7,9-12H2,1H3/t19-/m1/s1. The second-order valence-electron chi connectivity index (χ2n) is 7.34. The molecule has 1 atom stereocenters. The Hall–Kier alpha value is -1.88. The summed E-state index contributed by atoms with van der Waals surface area (Å²) in [7, 11) is 1.40. The van der Waals surface area contributed by atoms with E-state index in [0.717, 1.165) is 52.0 Å². The maximum atomic E-state index is 13.0. The molecule has 1 aromatic rings. The number of rotatable bonds is 3. The van der Waals surface area contributed by atoms with Crippen molar-refractivity contribution in [1.82, 2.24) is 4.90 Å². The van der Waals surface area contributed by atoms with E-state index in [1.54, 1.807) is 0 Å². The van der Waals surface area contributed by atoms with Crippen molar-refractivity contribution in [2.75, 3.05) is 33.4 Å². The van der Waals surface area contributed by atoms with Crippen molar-refractivity contribution >= 4 is 11.9 Å². The molecule has 0 bridgehead atoms. The number of esters is 1. The Labute approximate surface area is 141 Å². The lowest BCUT2D eigenvalue weighted by atomic mass is 9.70. The fourth-order valence-corrected chi connectivity index (χ4v) is 4.27. The van der Waals surface area contributed by atoms with Crippen molar-refractivity contribution < 1.29 is 19.1 Å². The predicted octanol–water partition coefficient (Wildman–Crippen LogP) is 1.83. The molecule has 0 saturated carbocycles. The molecule has 4 rings (SSSR count). The SMILES string of the molecule is COC(=O)c1ccc2c(c1)CC[C@@]1(CCN(CC3COC3)C1=O)C2. The highest BCUT2D eigenvalue weighted by atomic mass is 16.5. The Bertz CT molecular complexity index is 682. The van der Waals surface area contributed by atoms with E-state index in [0.29, 0.717) is 17.4 Å². The minimum absolute atomic E-state index is 0.232. The number of ether oxygens (including phenoxy) is 2. The number of amides is 1. The van der Waals surface area contributed by atoms with Crippen molar-refractivity contribution in [2.24, 2.45) is 11.3 Å². The van der Waals surface area contributed by atoms with Crippen LogP contribution in [0.25, 0.3) is 0 Å². The molecule has 5 heteroatoms.